The molecular formula is C18H23N3O3. The Bertz CT molecular complexity index is 636. The van der Waals surface area contributed by atoms with Gasteiger partial charge in [0.05, 0.1) is 0 Å². The number of anilines is 1. The van der Waals surface area contributed by atoms with E-state index in [0.717, 1.165) is 24.2 Å². The molecule has 6 nitrogen and oxygen atoms in total. The SMILES string of the molecule is C[C@H]1CCC[C@H](C)N1C(=O)CN1C(=O)CN(c2ccccc2)C1=O. The van der Waals surface area contributed by atoms with Gasteiger partial charge < -0.3 is 4.90 Å². The van der Waals surface area contributed by atoms with Crippen LogP contribution in [0.3, 0.4) is 0 Å². The highest BCUT2D eigenvalue weighted by atomic mass is 16.2. The zero-order chi connectivity index (χ0) is 17.3. The largest absolute Gasteiger partial charge is 0.336 e. The number of benzene rings is 1. The van der Waals surface area contributed by atoms with Crippen LogP contribution in [0.5, 0.6) is 0 Å². The molecule has 24 heavy (non-hydrogen) atoms. The summed E-state index contributed by atoms with van der Waals surface area (Å²) in [7, 11) is 0. The zero-order valence-electron chi connectivity index (χ0n) is 14.1. The summed E-state index contributed by atoms with van der Waals surface area (Å²) in [5.41, 5.74) is 0.672. The van der Waals surface area contributed by atoms with Gasteiger partial charge in [0.25, 0.3) is 5.91 Å². The minimum Gasteiger partial charge on any atom is -0.336 e. The molecule has 2 heterocycles. The van der Waals surface area contributed by atoms with Crippen LogP contribution in [-0.4, -0.2) is 52.8 Å². The van der Waals surface area contributed by atoms with Crippen LogP contribution in [0.2, 0.25) is 0 Å². The van der Waals surface area contributed by atoms with Crippen LogP contribution in [-0.2, 0) is 9.59 Å². The quantitative estimate of drug-likeness (QED) is 0.799. The lowest BCUT2D eigenvalue weighted by Gasteiger charge is -2.39. The van der Waals surface area contributed by atoms with Crippen LogP contribution in [0.1, 0.15) is 33.1 Å². The predicted octanol–water partition coefficient (Wildman–Crippen LogP) is 2.24. The van der Waals surface area contributed by atoms with E-state index in [0.29, 0.717) is 5.69 Å². The zero-order valence-corrected chi connectivity index (χ0v) is 14.1. The van der Waals surface area contributed by atoms with E-state index < -0.39 is 6.03 Å². The molecule has 2 aliphatic heterocycles. The molecule has 3 rings (SSSR count). The second kappa shape index (κ2) is 6.63. The van der Waals surface area contributed by atoms with Crippen molar-refractivity contribution in [2.24, 2.45) is 0 Å². The predicted molar refractivity (Wildman–Crippen MR) is 90.5 cm³/mol. The number of rotatable bonds is 3. The second-order valence-electron chi connectivity index (χ2n) is 6.61. The first kappa shape index (κ1) is 16.5. The van der Waals surface area contributed by atoms with Gasteiger partial charge in [-0.3, -0.25) is 19.4 Å². The summed E-state index contributed by atoms with van der Waals surface area (Å²) < 4.78 is 0. The molecule has 1 aromatic carbocycles. The topological polar surface area (TPSA) is 60.9 Å². The highest BCUT2D eigenvalue weighted by Gasteiger charge is 2.40. The first-order chi connectivity index (χ1) is 11.5. The van der Waals surface area contributed by atoms with Crippen molar-refractivity contribution in [2.45, 2.75) is 45.2 Å². The van der Waals surface area contributed by atoms with Crippen LogP contribution < -0.4 is 4.90 Å². The van der Waals surface area contributed by atoms with Crippen molar-refractivity contribution >= 4 is 23.5 Å². The fourth-order valence-corrected chi connectivity index (χ4v) is 3.64. The smallest absolute Gasteiger partial charge is 0.332 e. The van der Waals surface area contributed by atoms with Crippen molar-refractivity contribution in [3.05, 3.63) is 30.3 Å². The van der Waals surface area contributed by atoms with Crippen LogP contribution in [0.4, 0.5) is 10.5 Å². The maximum absolute atomic E-state index is 12.7. The number of hydrogen-bond donors (Lipinski definition) is 0. The number of urea groups is 1. The molecule has 0 aliphatic carbocycles. The Kier molecular flexibility index (Phi) is 4.55. The average molecular weight is 329 g/mol. The molecule has 0 saturated carbocycles. The number of carbonyl (C=O) groups is 3. The molecular weight excluding hydrogens is 306 g/mol. The van der Waals surface area contributed by atoms with Gasteiger partial charge in [-0.05, 0) is 45.2 Å². The van der Waals surface area contributed by atoms with E-state index in [2.05, 4.69) is 0 Å². The van der Waals surface area contributed by atoms with Crippen molar-refractivity contribution in [3.8, 4) is 0 Å². The average Bonchev–Trinajstić information content (AvgIpc) is 2.84. The number of piperidine rings is 1. The third kappa shape index (κ3) is 3.00. The molecule has 2 aliphatic rings. The lowest BCUT2D eigenvalue weighted by molar-refractivity contribution is -0.141. The van der Waals surface area contributed by atoms with Crippen LogP contribution >= 0.6 is 0 Å². The molecule has 0 spiro atoms. The van der Waals surface area contributed by atoms with Crippen molar-refractivity contribution < 1.29 is 14.4 Å². The third-order valence-electron chi connectivity index (χ3n) is 4.90. The number of likely N-dealkylation sites (tertiary alicyclic amines) is 1. The van der Waals surface area contributed by atoms with Crippen LogP contribution in [0, 0.1) is 0 Å². The highest BCUT2D eigenvalue weighted by molar-refractivity contribution is 6.13. The molecule has 2 saturated heterocycles. The highest BCUT2D eigenvalue weighted by Crippen LogP contribution is 2.24. The van der Waals surface area contributed by atoms with E-state index in [4.69, 9.17) is 0 Å². The van der Waals surface area contributed by atoms with Gasteiger partial charge in [0.1, 0.15) is 13.1 Å². The summed E-state index contributed by atoms with van der Waals surface area (Å²) in [5, 5.41) is 0. The lowest BCUT2D eigenvalue weighted by Crippen LogP contribution is -2.52. The van der Waals surface area contributed by atoms with Gasteiger partial charge in [0.2, 0.25) is 5.91 Å². The van der Waals surface area contributed by atoms with E-state index in [-0.39, 0.29) is 37.0 Å². The molecule has 2 fully saturated rings. The Labute approximate surface area is 142 Å². The standard InChI is InChI=1S/C18H23N3O3/c1-13-7-6-8-14(2)21(13)17(23)12-20-16(22)11-19(18(20)24)15-9-4-3-5-10-15/h3-5,9-10,13-14H,6-8,11-12H2,1-2H3/t13-,14-/m0/s1. The molecule has 0 radical (unpaired) electrons. The maximum atomic E-state index is 12.7. The fraction of sp³-hybridized carbons (Fsp3) is 0.500. The summed E-state index contributed by atoms with van der Waals surface area (Å²) in [6.45, 7) is 3.87. The molecule has 4 amide bonds. The third-order valence-corrected chi connectivity index (χ3v) is 4.90. The van der Waals surface area contributed by atoms with Gasteiger partial charge in [-0.2, -0.15) is 0 Å². The first-order valence-corrected chi connectivity index (χ1v) is 8.47. The monoisotopic (exact) mass is 329 g/mol. The van der Waals surface area contributed by atoms with Gasteiger partial charge >= 0.3 is 6.03 Å². The van der Waals surface area contributed by atoms with E-state index >= 15 is 0 Å². The van der Waals surface area contributed by atoms with Crippen molar-refractivity contribution in [2.75, 3.05) is 18.0 Å². The van der Waals surface area contributed by atoms with Crippen molar-refractivity contribution in [1.29, 1.82) is 0 Å². The number of nitrogens with zero attached hydrogens (tertiary/aromatic N) is 3. The molecule has 128 valence electrons. The normalized spacial score (nSPS) is 24.7. The summed E-state index contributed by atoms with van der Waals surface area (Å²) in [6.07, 6.45) is 3.04. The van der Waals surface area contributed by atoms with Gasteiger partial charge in [0, 0.05) is 17.8 Å². The minimum atomic E-state index is -0.420. The van der Waals surface area contributed by atoms with Gasteiger partial charge in [-0.15, -0.1) is 0 Å². The fourth-order valence-electron chi connectivity index (χ4n) is 3.64. The Balaban J connectivity index is 1.72. The molecule has 1 aromatic rings. The molecule has 0 N–H and O–H groups in total. The van der Waals surface area contributed by atoms with Gasteiger partial charge in [-0.1, -0.05) is 18.2 Å². The number of hydrogen-bond acceptors (Lipinski definition) is 3. The Hall–Kier alpha value is -2.37. The van der Waals surface area contributed by atoms with E-state index in [1.807, 2.05) is 36.9 Å². The lowest BCUT2D eigenvalue weighted by atomic mass is 9.97. The van der Waals surface area contributed by atoms with Crippen LogP contribution in [0.25, 0.3) is 0 Å². The first-order valence-electron chi connectivity index (χ1n) is 8.47. The van der Waals surface area contributed by atoms with Crippen LogP contribution in [0.15, 0.2) is 30.3 Å². The van der Waals surface area contributed by atoms with Crippen molar-refractivity contribution in [1.82, 2.24) is 9.80 Å². The molecule has 2 atom stereocenters. The van der Waals surface area contributed by atoms with Crippen molar-refractivity contribution in [3.63, 3.8) is 0 Å². The summed E-state index contributed by atoms with van der Waals surface area (Å²) in [4.78, 5) is 41.8. The minimum absolute atomic E-state index is 0.0127. The summed E-state index contributed by atoms with van der Waals surface area (Å²) in [6, 6.07) is 8.94. The number of para-hydroxylation sites is 1. The molecule has 0 bridgehead atoms. The number of imide groups is 1. The Morgan fingerprint density at radius 3 is 2.33 bits per heavy atom. The number of amides is 4. The summed E-state index contributed by atoms with van der Waals surface area (Å²) >= 11 is 0. The van der Waals surface area contributed by atoms with E-state index in [9.17, 15) is 14.4 Å². The van der Waals surface area contributed by atoms with E-state index in [1.54, 1.807) is 12.1 Å². The Morgan fingerprint density at radius 2 is 1.71 bits per heavy atom. The van der Waals surface area contributed by atoms with Gasteiger partial charge in [0.15, 0.2) is 0 Å². The molecule has 6 heteroatoms. The molecule has 0 aromatic heterocycles. The second-order valence-corrected chi connectivity index (χ2v) is 6.61. The summed E-state index contributed by atoms with van der Waals surface area (Å²) in [5.74, 6) is -0.471. The van der Waals surface area contributed by atoms with E-state index in [1.165, 1.54) is 4.90 Å². The Morgan fingerprint density at radius 1 is 1.08 bits per heavy atom. The number of carbonyl (C=O) groups excluding carboxylic acids is 3. The maximum Gasteiger partial charge on any atom is 0.332 e. The van der Waals surface area contributed by atoms with Gasteiger partial charge in [-0.25, -0.2) is 4.79 Å². The molecule has 0 unspecified atom stereocenters.